The van der Waals surface area contributed by atoms with Gasteiger partial charge in [0.15, 0.2) is 17.6 Å². The minimum Gasteiger partial charge on any atom is -0.493 e. The van der Waals surface area contributed by atoms with Crippen LogP contribution in [-0.4, -0.2) is 31.5 Å². The van der Waals surface area contributed by atoms with Gasteiger partial charge in [0.25, 0.3) is 5.89 Å². The van der Waals surface area contributed by atoms with Crippen molar-refractivity contribution in [3.05, 3.63) is 46.8 Å². The largest absolute Gasteiger partial charge is 0.493 e. The van der Waals surface area contributed by atoms with Gasteiger partial charge in [-0.05, 0) is 49.7 Å². The summed E-state index contributed by atoms with van der Waals surface area (Å²) < 4.78 is 27.8. The summed E-state index contributed by atoms with van der Waals surface area (Å²) in [5.74, 6) is 2.85. The van der Waals surface area contributed by atoms with E-state index in [9.17, 15) is 0 Å². The molecule has 0 aliphatic heterocycles. The van der Waals surface area contributed by atoms with Crippen molar-refractivity contribution >= 4 is 11.6 Å². The minimum absolute atomic E-state index is 0.317. The summed E-state index contributed by atoms with van der Waals surface area (Å²) in [5.41, 5.74) is 1.56. The Labute approximate surface area is 168 Å². The zero-order valence-electron chi connectivity index (χ0n) is 16.3. The molecule has 148 valence electrons. The molecule has 1 heterocycles. The van der Waals surface area contributed by atoms with Crippen molar-refractivity contribution in [2.24, 2.45) is 0 Å². The molecular weight excluding hydrogens is 384 g/mol. The number of ether oxygens (including phenoxy) is 4. The number of hydrogen-bond donors (Lipinski definition) is 0. The number of halogens is 1. The fraction of sp³-hybridized carbons (Fsp3) is 0.300. The number of rotatable bonds is 7. The van der Waals surface area contributed by atoms with Crippen molar-refractivity contribution in [3.8, 4) is 34.5 Å². The predicted molar refractivity (Wildman–Crippen MR) is 105 cm³/mol. The highest BCUT2D eigenvalue weighted by Crippen LogP contribution is 2.41. The van der Waals surface area contributed by atoms with Crippen molar-refractivity contribution in [1.29, 1.82) is 0 Å². The molecule has 1 aromatic heterocycles. The molecule has 0 saturated carbocycles. The molecule has 7 nitrogen and oxygen atoms in total. The van der Waals surface area contributed by atoms with E-state index in [0.29, 0.717) is 45.4 Å². The Morgan fingerprint density at radius 1 is 0.929 bits per heavy atom. The topological polar surface area (TPSA) is 75.8 Å². The van der Waals surface area contributed by atoms with Crippen molar-refractivity contribution in [2.75, 3.05) is 21.3 Å². The second-order valence-electron chi connectivity index (χ2n) is 6.03. The van der Waals surface area contributed by atoms with Gasteiger partial charge in [0.05, 0.1) is 21.3 Å². The molecule has 0 aliphatic carbocycles. The number of aryl methyl sites for hydroxylation is 1. The van der Waals surface area contributed by atoms with Gasteiger partial charge in [0.2, 0.25) is 11.6 Å². The molecule has 2 aromatic carbocycles. The Kier molecular flexibility index (Phi) is 5.94. The summed E-state index contributed by atoms with van der Waals surface area (Å²) in [6.45, 7) is 3.75. The SMILES string of the molecule is COc1cc(-c2nnc(C(C)Oc3ccc(Cl)cc3C)o2)cc(OC)c1OC. The highest BCUT2D eigenvalue weighted by atomic mass is 35.5. The molecule has 0 bridgehead atoms. The highest BCUT2D eigenvalue weighted by Gasteiger charge is 2.20. The number of benzene rings is 2. The Bertz CT molecular complexity index is 948. The van der Waals surface area contributed by atoms with Gasteiger partial charge in [-0.2, -0.15) is 0 Å². The van der Waals surface area contributed by atoms with Crippen LogP contribution in [0, 0.1) is 6.92 Å². The first-order valence-corrected chi connectivity index (χ1v) is 8.91. The summed E-state index contributed by atoms with van der Waals surface area (Å²) in [4.78, 5) is 0. The van der Waals surface area contributed by atoms with Gasteiger partial charge in [0, 0.05) is 10.6 Å². The van der Waals surface area contributed by atoms with Gasteiger partial charge in [-0.1, -0.05) is 11.6 Å². The molecule has 0 spiro atoms. The van der Waals surface area contributed by atoms with Crippen LogP contribution in [0.2, 0.25) is 5.02 Å². The molecule has 8 heteroatoms. The fourth-order valence-corrected chi connectivity index (χ4v) is 2.93. The minimum atomic E-state index is -0.442. The van der Waals surface area contributed by atoms with Crippen LogP contribution in [0.25, 0.3) is 11.5 Å². The highest BCUT2D eigenvalue weighted by molar-refractivity contribution is 6.30. The van der Waals surface area contributed by atoms with Crippen LogP contribution in [-0.2, 0) is 0 Å². The third-order valence-electron chi connectivity index (χ3n) is 4.14. The van der Waals surface area contributed by atoms with Crippen LogP contribution in [0.3, 0.4) is 0 Å². The fourth-order valence-electron chi connectivity index (χ4n) is 2.71. The lowest BCUT2D eigenvalue weighted by molar-refractivity contribution is 0.188. The number of nitrogens with zero attached hydrogens (tertiary/aromatic N) is 2. The summed E-state index contributed by atoms with van der Waals surface area (Å²) in [5, 5.41) is 8.88. The molecule has 0 saturated heterocycles. The maximum absolute atomic E-state index is 5.99. The summed E-state index contributed by atoms with van der Waals surface area (Å²) in [6.07, 6.45) is -0.442. The molecule has 0 aliphatic rings. The van der Waals surface area contributed by atoms with Crippen LogP contribution >= 0.6 is 11.6 Å². The zero-order valence-corrected chi connectivity index (χ0v) is 17.0. The van der Waals surface area contributed by atoms with Gasteiger partial charge in [-0.15, -0.1) is 10.2 Å². The van der Waals surface area contributed by atoms with Crippen LogP contribution < -0.4 is 18.9 Å². The molecule has 28 heavy (non-hydrogen) atoms. The van der Waals surface area contributed by atoms with Gasteiger partial charge in [0.1, 0.15) is 5.75 Å². The Morgan fingerprint density at radius 2 is 1.61 bits per heavy atom. The van der Waals surface area contributed by atoms with Crippen LogP contribution in [0.5, 0.6) is 23.0 Å². The van der Waals surface area contributed by atoms with Gasteiger partial charge < -0.3 is 23.4 Å². The second kappa shape index (κ2) is 8.39. The number of hydrogen-bond acceptors (Lipinski definition) is 7. The van der Waals surface area contributed by atoms with E-state index >= 15 is 0 Å². The molecule has 1 atom stereocenters. The quantitative estimate of drug-likeness (QED) is 0.556. The lowest BCUT2D eigenvalue weighted by Gasteiger charge is -2.13. The average molecular weight is 405 g/mol. The Morgan fingerprint density at radius 3 is 2.18 bits per heavy atom. The third kappa shape index (κ3) is 3.99. The van der Waals surface area contributed by atoms with E-state index in [0.717, 1.165) is 5.56 Å². The van der Waals surface area contributed by atoms with Gasteiger partial charge in [-0.25, -0.2) is 0 Å². The van der Waals surface area contributed by atoms with Crippen molar-refractivity contribution in [2.45, 2.75) is 20.0 Å². The first-order chi connectivity index (χ1) is 13.5. The van der Waals surface area contributed by atoms with Gasteiger partial charge >= 0.3 is 0 Å². The second-order valence-corrected chi connectivity index (χ2v) is 6.47. The molecule has 0 radical (unpaired) electrons. The summed E-state index contributed by atoms with van der Waals surface area (Å²) in [6, 6.07) is 8.90. The van der Waals surface area contributed by atoms with E-state index in [1.165, 1.54) is 0 Å². The van der Waals surface area contributed by atoms with E-state index in [2.05, 4.69) is 10.2 Å². The lowest BCUT2D eigenvalue weighted by Crippen LogP contribution is -2.04. The maximum atomic E-state index is 5.99. The first kappa shape index (κ1) is 19.8. The molecule has 0 amide bonds. The third-order valence-corrected chi connectivity index (χ3v) is 4.38. The predicted octanol–water partition coefficient (Wildman–Crippen LogP) is 4.86. The molecule has 0 N–H and O–H groups in total. The monoisotopic (exact) mass is 404 g/mol. The number of aromatic nitrogens is 2. The van der Waals surface area contributed by atoms with Crippen LogP contribution in [0.4, 0.5) is 0 Å². The summed E-state index contributed by atoms with van der Waals surface area (Å²) in [7, 11) is 4.64. The standard InChI is InChI=1S/C20H21ClN2O5/c1-11-8-14(21)6-7-15(11)27-12(2)19-22-23-20(28-19)13-9-16(24-3)18(26-5)17(10-13)25-4/h6-10,12H,1-5H3. The van der Waals surface area contributed by atoms with Crippen molar-refractivity contribution in [1.82, 2.24) is 10.2 Å². The number of methoxy groups -OCH3 is 3. The van der Waals surface area contributed by atoms with E-state index < -0.39 is 6.10 Å². The van der Waals surface area contributed by atoms with E-state index in [1.54, 1.807) is 39.5 Å². The molecule has 3 aromatic rings. The average Bonchev–Trinajstić information content (AvgIpc) is 3.19. The van der Waals surface area contributed by atoms with Crippen molar-refractivity contribution in [3.63, 3.8) is 0 Å². The summed E-state index contributed by atoms with van der Waals surface area (Å²) >= 11 is 5.99. The first-order valence-electron chi connectivity index (χ1n) is 8.53. The molecule has 1 unspecified atom stereocenters. The van der Waals surface area contributed by atoms with Gasteiger partial charge in [-0.3, -0.25) is 0 Å². The smallest absolute Gasteiger partial charge is 0.257 e. The van der Waals surface area contributed by atoms with E-state index in [4.69, 9.17) is 35.0 Å². The van der Waals surface area contributed by atoms with Crippen molar-refractivity contribution < 1.29 is 23.4 Å². The molecular formula is C20H21ClN2O5. The molecule has 3 rings (SSSR count). The zero-order chi connectivity index (χ0) is 20.3. The Hall–Kier alpha value is -2.93. The molecule has 0 fully saturated rings. The normalized spacial score (nSPS) is 11.8. The maximum Gasteiger partial charge on any atom is 0.257 e. The lowest BCUT2D eigenvalue weighted by atomic mass is 10.2. The Balaban J connectivity index is 1.87. The van der Waals surface area contributed by atoms with E-state index in [-0.39, 0.29) is 0 Å². The van der Waals surface area contributed by atoms with E-state index in [1.807, 2.05) is 26.0 Å². The van der Waals surface area contributed by atoms with Crippen LogP contribution in [0.15, 0.2) is 34.7 Å². The van der Waals surface area contributed by atoms with Crippen LogP contribution in [0.1, 0.15) is 24.5 Å².